The number of H-pyrrole nitrogens is 1. The topological polar surface area (TPSA) is 103 Å². The Kier molecular flexibility index (Phi) is 8.38. The number of nitrogens with one attached hydrogen (secondary N) is 1. The van der Waals surface area contributed by atoms with Crippen LogP contribution in [0.5, 0.6) is 17.2 Å². The molecule has 6 aromatic rings. The lowest BCUT2D eigenvalue weighted by atomic mass is 9.85. The molecule has 2 heterocycles. The number of aromatic nitrogens is 2. The van der Waals surface area contributed by atoms with E-state index in [0.717, 1.165) is 17.5 Å². The van der Waals surface area contributed by atoms with E-state index in [4.69, 9.17) is 9.47 Å². The molecule has 240 valence electrons. The first-order valence-corrected chi connectivity index (χ1v) is 14.6. The Labute approximate surface area is 266 Å². The fourth-order valence-corrected chi connectivity index (χ4v) is 5.98. The summed E-state index contributed by atoms with van der Waals surface area (Å²) in [6, 6.07) is 26.1. The molecule has 1 unspecified atom stereocenters. The molecule has 47 heavy (non-hydrogen) atoms. The number of carbonyl (C=O) groups excluding carboxylic acids is 1. The predicted molar refractivity (Wildman–Crippen MR) is 170 cm³/mol. The van der Waals surface area contributed by atoms with E-state index in [1.807, 2.05) is 24.3 Å². The van der Waals surface area contributed by atoms with Crippen molar-refractivity contribution in [3.63, 3.8) is 0 Å². The smallest absolute Gasteiger partial charge is 0.507 e. The van der Waals surface area contributed by atoms with Crippen molar-refractivity contribution in [2.24, 2.45) is 7.05 Å². The van der Waals surface area contributed by atoms with Crippen molar-refractivity contribution < 1.29 is 37.3 Å². The number of rotatable bonds is 9. The minimum absolute atomic E-state index is 0.0227. The summed E-state index contributed by atoms with van der Waals surface area (Å²) in [4.78, 5) is 30.4. The molecule has 11 heteroatoms. The molecule has 0 aliphatic carbocycles. The molecule has 0 saturated carbocycles. The lowest BCUT2D eigenvalue weighted by molar-refractivity contribution is -0.274. The number of hydrogen-bond donors (Lipinski definition) is 2. The average molecular weight is 643 g/mol. The summed E-state index contributed by atoms with van der Waals surface area (Å²) in [5.74, 6) is -1.87. The molecule has 0 aliphatic rings. The summed E-state index contributed by atoms with van der Waals surface area (Å²) in [7, 11) is 3.05. The van der Waals surface area contributed by atoms with Crippen LogP contribution >= 0.6 is 0 Å². The van der Waals surface area contributed by atoms with Crippen molar-refractivity contribution in [1.29, 1.82) is 0 Å². The Morgan fingerprint density at radius 3 is 2.30 bits per heavy atom. The first-order chi connectivity index (χ1) is 22.6. The van der Waals surface area contributed by atoms with Gasteiger partial charge in [0.2, 0.25) is 0 Å². The highest BCUT2D eigenvalue weighted by molar-refractivity contribution is 5.92. The zero-order valence-electron chi connectivity index (χ0n) is 25.3. The zero-order valence-corrected chi connectivity index (χ0v) is 25.3. The standard InChI is InChI=1S/C36H29F3N2O6/c1-41-28-13-7-4-10-25(28)33(42)31(34(41)43)30(21-15-17-22(18-16-21)47-36(37,38)39)32-24(23-9-3-6-12-27(23)40-32)19-20-46-35(44)26-11-5-8-14-29(26)45-2/h3-18,30,40,42H,19-20H2,1-2H3. The number of nitrogens with zero attached hydrogens (tertiary/aromatic N) is 1. The van der Waals surface area contributed by atoms with Crippen molar-refractivity contribution in [3.05, 3.63) is 135 Å². The van der Waals surface area contributed by atoms with E-state index in [-0.39, 0.29) is 29.9 Å². The van der Waals surface area contributed by atoms with Crippen LogP contribution in [0.3, 0.4) is 0 Å². The van der Waals surface area contributed by atoms with Crippen LogP contribution in [-0.2, 0) is 18.2 Å². The van der Waals surface area contributed by atoms with Crippen molar-refractivity contribution >= 4 is 27.8 Å². The molecule has 0 bridgehead atoms. The van der Waals surface area contributed by atoms with Crippen LogP contribution in [0.25, 0.3) is 21.8 Å². The molecule has 0 saturated heterocycles. The van der Waals surface area contributed by atoms with Crippen molar-refractivity contribution in [2.45, 2.75) is 18.7 Å². The number of halogens is 3. The third kappa shape index (κ3) is 6.11. The van der Waals surface area contributed by atoms with Gasteiger partial charge in [-0.15, -0.1) is 13.2 Å². The van der Waals surface area contributed by atoms with Gasteiger partial charge in [0.1, 0.15) is 22.8 Å². The van der Waals surface area contributed by atoms with Gasteiger partial charge >= 0.3 is 12.3 Å². The van der Waals surface area contributed by atoms with Gasteiger partial charge in [0.05, 0.1) is 30.7 Å². The Balaban J connectivity index is 1.49. The van der Waals surface area contributed by atoms with E-state index >= 15 is 0 Å². The number of fused-ring (bicyclic) bond motifs is 2. The quantitative estimate of drug-likeness (QED) is 0.162. The minimum atomic E-state index is -4.89. The van der Waals surface area contributed by atoms with Gasteiger partial charge in [-0.3, -0.25) is 4.79 Å². The number of ether oxygens (including phenoxy) is 3. The number of esters is 1. The van der Waals surface area contributed by atoms with Crippen LogP contribution in [-0.4, -0.2) is 40.7 Å². The first-order valence-electron chi connectivity index (χ1n) is 14.6. The molecule has 0 fully saturated rings. The second-order valence-corrected chi connectivity index (χ2v) is 10.8. The SMILES string of the molecule is COc1ccccc1C(=O)OCCc1c(C(c2ccc(OC(F)(F)F)cc2)c2c(O)c3ccccc3n(C)c2=O)[nH]c2ccccc12. The summed E-state index contributed by atoms with van der Waals surface area (Å²) < 4.78 is 55.4. The minimum Gasteiger partial charge on any atom is -0.507 e. The first kappa shape index (κ1) is 31.3. The van der Waals surface area contributed by atoms with E-state index in [0.29, 0.717) is 39.0 Å². The molecule has 0 radical (unpaired) electrons. The zero-order chi connectivity index (χ0) is 33.3. The van der Waals surface area contributed by atoms with Gasteiger partial charge in [0.15, 0.2) is 0 Å². The van der Waals surface area contributed by atoms with Crippen LogP contribution in [0.1, 0.15) is 38.7 Å². The van der Waals surface area contributed by atoms with E-state index in [1.54, 1.807) is 55.6 Å². The van der Waals surface area contributed by atoms with Gasteiger partial charge in [-0.2, -0.15) is 0 Å². The highest BCUT2D eigenvalue weighted by Gasteiger charge is 2.33. The van der Waals surface area contributed by atoms with Gasteiger partial charge in [-0.25, -0.2) is 4.79 Å². The van der Waals surface area contributed by atoms with E-state index in [1.165, 1.54) is 23.8 Å². The molecule has 0 amide bonds. The van der Waals surface area contributed by atoms with Crippen LogP contribution in [0.4, 0.5) is 13.2 Å². The Bertz CT molecular complexity index is 2150. The summed E-state index contributed by atoms with van der Waals surface area (Å²) >= 11 is 0. The number of aryl methyl sites for hydroxylation is 1. The predicted octanol–water partition coefficient (Wildman–Crippen LogP) is 7.21. The summed E-state index contributed by atoms with van der Waals surface area (Å²) in [6.07, 6.45) is -4.68. The molecular formula is C36H29F3N2O6. The molecule has 0 aliphatic heterocycles. The van der Waals surface area contributed by atoms with E-state index < -0.39 is 29.6 Å². The Hall–Kier alpha value is -5.71. The number of aromatic hydroxyl groups is 1. The lowest BCUT2D eigenvalue weighted by Crippen LogP contribution is -2.25. The molecule has 4 aromatic carbocycles. The van der Waals surface area contributed by atoms with Gasteiger partial charge in [0.25, 0.3) is 5.56 Å². The molecule has 2 aromatic heterocycles. The Morgan fingerprint density at radius 2 is 1.57 bits per heavy atom. The van der Waals surface area contributed by atoms with Crippen LogP contribution in [0.2, 0.25) is 0 Å². The summed E-state index contributed by atoms with van der Waals surface area (Å²) in [6.45, 7) is -0.0431. The molecule has 8 nitrogen and oxygen atoms in total. The van der Waals surface area contributed by atoms with Crippen molar-refractivity contribution in [2.75, 3.05) is 13.7 Å². The van der Waals surface area contributed by atoms with Gasteiger partial charge in [0, 0.05) is 35.5 Å². The Morgan fingerprint density at radius 1 is 0.915 bits per heavy atom. The van der Waals surface area contributed by atoms with Gasteiger partial charge < -0.3 is 28.9 Å². The third-order valence-corrected chi connectivity index (χ3v) is 8.09. The van der Waals surface area contributed by atoms with E-state index in [2.05, 4.69) is 9.72 Å². The maximum atomic E-state index is 14.0. The maximum absolute atomic E-state index is 14.0. The maximum Gasteiger partial charge on any atom is 0.573 e. The van der Waals surface area contributed by atoms with Crippen LogP contribution in [0, 0.1) is 0 Å². The number of aromatic amines is 1. The number of alkyl halides is 3. The molecule has 2 N–H and O–H groups in total. The average Bonchev–Trinajstić information content (AvgIpc) is 3.43. The number of para-hydroxylation sites is 3. The third-order valence-electron chi connectivity index (χ3n) is 8.09. The normalized spacial score (nSPS) is 12.3. The van der Waals surface area contributed by atoms with Gasteiger partial charge in [-0.1, -0.05) is 54.6 Å². The van der Waals surface area contributed by atoms with Crippen LogP contribution < -0.4 is 15.0 Å². The molecular weight excluding hydrogens is 613 g/mol. The van der Waals surface area contributed by atoms with Crippen molar-refractivity contribution in [1.82, 2.24) is 9.55 Å². The monoisotopic (exact) mass is 642 g/mol. The van der Waals surface area contributed by atoms with Crippen LogP contribution in [0.15, 0.2) is 102 Å². The summed E-state index contributed by atoms with van der Waals surface area (Å²) in [5, 5.41) is 12.9. The highest BCUT2D eigenvalue weighted by Crippen LogP contribution is 2.41. The number of carbonyl (C=O) groups is 1. The molecule has 1 atom stereocenters. The molecule has 6 rings (SSSR count). The van der Waals surface area contributed by atoms with Gasteiger partial charge in [-0.05, 0) is 53.6 Å². The second kappa shape index (κ2) is 12.6. The number of hydrogen-bond acceptors (Lipinski definition) is 6. The number of benzene rings is 4. The number of methoxy groups -OCH3 is 1. The second-order valence-electron chi connectivity index (χ2n) is 10.8. The fraction of sp³-hybridized carbons (Fsp3) is 0.167. The lowest BCUT2D eigenvalue weighted by Gasteiger charge is -2.22. The van der Waals surface area contributed by atoms with Crippen molar-refractivity contribution in [3.8, 4) is 17.2 Å². The largest absolute Gasteiger partial charge is 0.573 e. The number of pyridine rings is 1. The van der Waals surface area contributed by atoms with E-state index in [9.17, 15) is 27.9 Å². The fourth-order valence-electron chi connectivity index (χ4n) is 5.98. The molecule has 0 spiro atoms. The highest BCUT2D eigenvalue weighted by atomic mass is 19.4. The summed E-state index contributed by atoms with van der Waals surface area (Å²) in [5.41, 5.74) is 2.64.